The molecular formula is C25H41N5O. The molecule has 3 saturated heterocycles. The van der Waals surface area contributed by atoms with Crippen molar-refractivity contribution in [2.75, 3.05) is 64.3 Å². The fourth-order valence-corrected chi connectivity index (χ4v) is 5.73. The molecule has 0 aromatic carbocycles. The zero-order valence-corrected chi connectivity index (χ0v) is 19.6. The highest BCUT2D eigenvalue weighted by atomic mass is 16.2. The fraction of sp³-hybridized carbons (Fsp3) is 0.760. The standard InChI is InChI=1S/C25H41N5O/c1-3-28(19-21-9-17-29(18-10-21)23-11-15-27(2)16-12-23)25(31)22-7-6-14-30(20-22)24-8-4-5-13-26-24/h4-5,8,13,21-23H,3,6-7,9-12,14-20H2,1-2H3/t22-/m1/s1. The number of rotatable bonds is 6. The van der Waals surface area contributed by atoms with Crippen LogP contribution in [-0.2, 0) is 4.79 Å². The van der Waals surface area contributed by atoms with E-state index < -0.39 is 0 Å². The number of carbonyl (C=O) groups is 1. The molecule has 0 unspecified atom stereocenters. The first kappa shape index (κ1) is 22.5. The number of hydrogen-bond acceptors (Lipinski definition) is 5. The maximum absolute atomic E-state index is 13.4. The lowest BCUT2D eigenvalue weighted by Crippen LogP contribution is -2.49. The van der Waals surface area contributed by atoms with Gasteiger partial charge in [-0.15, -0.1) is 0 Å². The molecule has 6 heteroatoms. The van der Waals surface area contributed by atoms with Crippen LogP contribution >= 0.6 is 0 Å². The molecule has 3 fully saturated rings. The topological polar surface area (TPSA) is 42.9 Å². The van der Waals surface area contributed by atoms with Gasteiger partial charge in [-0.25, -0.2) is 4.98 Å². The summed E-state index contributed by atoms with van der Waals surface area (Å²) in [5.74, 6) is 2.13. The fourth-order valence-electron chi connectivity index (χ4n) is 5.73. The zero-order chi connectivity index (χ0) is 21.6. The Kier molecular flexibility index (Phi) is 7.83. The van der Waals surface area contributed by atoms with E-state index in [1.165, 1.54) is 51.9 Å². The van der Waals surface area contributed by atoms with E-state index in [0.29, 0.717) is 11.8 Å². The number of piperidine rings is 3. The number of carbonyl (C=O) groups excluding carboxylic acids is 1. The second kappa shape index (κ2) is 10.8. The van der Waals surface area contributed by atoms with Crippen LogP contribution < -0.4 is 4.90 Å². The van der Waals surface area contributed by atoms with Gasteiger partial charge in [0.05, 0.1) is 5.92 Å². The number of anilines is 1. The largest absolute Gasteiger partial charge is 0.356 e. The van der Waals surface area contributed by atoms with Crippen molar-refractivity contribution in [1.29, 1.82) is 0 Å². The maximum Gasteiger partial charge on any atom is 0.227 e. The average Bonchev–Trinajstić information content (AvgIpc) is 2.84. The molecular weight excluding hydrogens is 386 g/mol. The van der Waals surface area contributed by atoms with Crippen molar-refractivity contribution < 1.29 is 4.79 Å². The summed E-state index contributed by atoms with van der Waals surface area (Å²) in [6, 6.07) is 6.82. The van der Waals surface area contributed by atoms with Crippen LogP contribution in [0, 0.1) is 11.8 Å². The Morgan fingerprint density at radius 1 is 1.06 bits per heavy atom. The van der Waals surface area contributed by atoms with E-state index in [9.17, 15) is 4.79 Å². The first-order valence-electron chi connectivity index (χ1n) is 12.5. The van der Waals surface area contributed by atoms with Gasteiger partial charge in [0.2, 0.25) is 5.91 Å². The quantitative estimate of drug-likeness (QED) is 0.698. The molecule has 3 aliphatic rings. The molecule has 0 radical (unpaired) electrons. The summed E-state index contributed by atoms with van der Waals surface area (Å²) in [6.45, 7) is 10.6. The Labute approximate surface area is 188 Å². The normalized spacial score (nSPS) is 25.0. The van der Waals surface area contributed by atoms with E-state index in [1.807, 2.05) is 18.3 Å². The Hall–Kier alpha value is -1.66. The summed E-state index contributed by atoms with van der Waals surface area (Å²) in [5, 5.41) is 0. The number of pyridine rings is 1. The smallest absolute Gasteiger partial charge is 0.227 e. The van der Waals surface area contributed by atoms with Crippen LogP contribution in [0.25, 0.3) is 0 Å². The van der Waals surface area contributed by atoms with E-state index in [-0.39, 0.29) is 5.92 Å². The second-order valence-corrected chi connectivity index (χ2v) is 9.86. The summed E-state index contributed by atoms with van der Waals surface area (Å²) >= 11 is 0. The Morgan fingerprint density at radius 2 is 1.84 bits per heavy atom. The van der Waals surface area contributed by atoms with Gasteiger partial charge in [-0.05, 0) is 96.7 Å². The van der Waals surface area contributed by atoms with Gasteiger partial charge in [0.15, 0.2) is 0 Å². The molecule has 1 atom stereocenters. The van der Waals surface area contributed by atoms with Crippen molar-refractivity contribution in [3.63, 3.8) is 0 Å². The molecule has 1 amide bonds. The highest BCUT2D eigenvalue weighted by molar-refractivity contribution is 5.79. The lowest BCUT2D eigenvalue weighted by molar-refractivity contribution is -0.136. The van der Waals surface area contributed by atoms with Crippen LogP contribution in [0.2, 0.25) is 0 Å². The molecule has 0 spiro atoms. The predicted molar refractivity (Wildman–Crippen MR) is 126 cm³/mol. The van der Waals surface area contributed by atoms with E-state index in [4.69, 9.17) is 0 Å². The number of hydrogen-bond donors (Lipinski definition) is 0. The first-order chi connectivity index (χ1) is 15.1. The van der Waals surface area contributed by atoms with Gasteiger partial charge in [0.1, 0.15) is 5.82 Å². The molecule has 0 saturated carbocycles. The van der Waals surface area contributed by atoms with Gasteiger partial charge in [-0.3, -0.25) is 4.79 Å². The minimum Gasteiger partial charge on any atom is -0.356 e. The zero-order valence-electron chi connectivity index (χ0n) is 19.6. The molecule has 1 aromatic rings. The summed E-state index contributed by atoms with van der Waals surface area (Å²) in [4.78, 5) is 27.5. The Balaban J connectivity index is 1.26. The summed E-state index contributed by atoms with van der Waals surface area (Å²) in [7, 11) is 2.24. The third-order valence-corrected chi connectivity index (χ3v) is 7.77. The highest BCUT2D eigenvalue weighted by Crippen LogP contribution is 2.26. The van der Waals surface area contributed by atoms with Crippen LogP contribution in [0.15, 0.2) is 24.4 Å². The summed E-state index contributed by atoms with van der Waals surface area (Å²) in [5.41, 5.74) is 0. The lowest BCUT2D eigenvalue weighted by atomic mass is 9.91. The number of amides is 1. The van der Waals surface area contributed by atoms with Crippen molar-refractivity contribution in [2.45, 2.75) is 51.5 Å². The summed E-state index contributed by atoms with van der Waals surface area (Å²) < 4.78 is 0. The molecule has 172 valence electrons. The van der Waals surface area contributed by atoms with Crippen molar-refractivity contribution in [2.24, 2.45) is 11.8 Å². The molecule has 6 nitrogen and oxygen atoms in total. The molecule has 0 N–H and O–H groups in total. The Morgan fingerprint density at radius 3 is 2.52 bits per heavy atom. The SMILES string of the molecule is CCN(CC1CCN(C2CCN(C)CC2)CC1)C(=O)[C@@H]1CCCN(c2ccccn2)C1. The van der Waals surface area contributed by atoms with Crippen LogP contribution in [0.1, 0.15) is 45.4 Å². The number of nitrogens with zero attached hydrogens (tertiary/aromatic N) is 5. The lowest BCUT2D eigenvalue weighted by Gasteiger charge is -2.42. The highest BCUT2D eigenvalue weighted by Gasteiger charge is 2.32. The molecule has 0 aliphatic carbocycles. The molecule has 31 heavy (non-hydrogen) atoms. The van der Waals surface area contributed by atoms with E-state index in [0.717, 1.165) is 50.9 Å². The van der Waals surface area contributed by atoms with E-state index in [2.05, 4.69) is 44.6 Å². The Bertz CT molecular complexity index is 682. The molecule has 3 aliphatic heterocycles. The predicted octanol–water partition coefficient (Wildman–Crippen LogP) is 2.95. The third kappa shape index (κ3) is 5.78. The van der Waals surface area contributed by atoms with Crippen LogP contribution in [-0.4, -0.2) is 91.0 Å². The van der Waals surface area contributed by atoms with Gasteiger partial charge in [0, 0.05) is 38.4 Å². The third-order valence-electron chi connectivity index (χ3n) is 7.77. The molecule has 1 aromatic heterocycles. The van der Waals surface area contributed by atoms with Crippen molar-refractivity contribution in [1.82, 2.24) is 19.7 Å². The molecule has 4 heterocycles. The van der Waals surface area contributed by atoms with E-state index >= 15 is 0 Å². The van der Waals surface area contributed by atoms with Gasteiger partial charge >= 0.3 is 0 Å². The molecule has 0 bridgehead atoms. The van der Waals surface area contributed by atoms with Crippen molar-refractivity contribution in [3.05, 3.63) is 24.4 Å². The van der Waals surface area contributed by atoms with Crippen LogP contribution in [0.4, 0.5) is 5.82 Å². The minimum atomic E-state index is 0.107. The van der Waals surface area contributed by atoms with Gasteiger partial charge < -0.3 is 19.6 Å². The average molecular weight is 428 g/mol. The molecule has 4 rings (SSSR count). The van der Waals surface area contributed by atoms with E-state index in [1.54, 1.807) is 0 Å². The first-order valence-corrected chi connectivity index (χ1v) is 12.5. The minimum absolute atomic E-state index is 0.107. The van der Waals surface area contributed by atoms with Crippen LogP contribution in [0.5, 0.6) is 0 Å². The maximum atomic E-state index is 13.4. The van der Waals surface area contributed by atoms with Gasteiger partial charge in [-0.2, -0.15) is 0 Å². The summed E-state index contributed by atoms with van der Waals surface area (Å²) in [6.07, 6.45) is 9.02. The number of likely N-dealkylation sites (tertiary alicyclic amines) is 2. The second-order valence-electron chi connectivity index (χ2n) is 9.86. The van der Waals surface area contributed by atoms with Gasteiger partial charge in [0.25, 0.3) is 0 Å². The monoisotopic (exact) mass is 427 g/mol. The van der Waals surface area contributed by atoms with Crippen LogP contribution in [0.3, 0.4) is 0 Å². The van der Waals surface area contributed by atoms with Gasteiger partial charge in [-0.1, -0.05) is 6.07 Å². The van der Waals surface area contributed by atoms with Crippen molar-refractivity contribution in [3.8, 4) is 0 Å². The number of aromatic nitrogens is 1. The van der Waals surface area contributed by atoms with Crippen molar-refractivity contribution >= 4 is 11.7 Å².